The van der Waals surface area contributed by atoms with Gasteiger partial charge in [0.2, 0.25) is 5.88 Å². The molecular weight excluding hydrogens is 390 g/mol. The van der Waals surface area contributed by atoms with Crippen LogP contribution in [0.5, 0.6) is 5.88 Å². The van der Waals surface area contributed by atoms with Gasteiger partial charge in [0.15, 0.2) is 0 Å². The quantitative estimate of drug-likeness (QED) is 0.644. The minimum absolute atomic E-state index is 0.189. The lowest BCUT2D eigenvalue weighted by atomic mass is 10.1. The average molecular weight is 411 g/mol. The number of sulfonamides is 1. The number of aryl methyl sites for hydroxylation is 2. The van der Waals surface area contributed by atoms with Crippen molar-refractivity contribution in [1.82, 2.24) is 4.98 Å². The van der Waals surface area contributed by atoms with Crippen molar-refractivity contribution in [1.29, 1.82) is 0 Å². The highest BCUT2D eigenvalue weighted by Gasteiger charge is 2.15. The number of hydrogen-bond donors (Lipinski definition) is 2. The molecular formula is C21H21N3O4S. The molecule has 1 aromatic heterocycles. The second-order valence-corrected chi connectivity index (χ2v) is 8.15. The SMILES string of the molecule is COc1ccc(NC(=O)c2ccc(NS(=O)(=O)c3ccc(C)c(C)c3)cc2)cn1. The lowest BCUT2D eigenvalue weighted by molar-refractivity contribution is 0.102. The van der Waals surface area contributed by atoms with Crippen LogP contribution in [0.1, 0.15) is 21.5 Å². The van der Waals surface area contributed by atoms with E-state index in [-0.39, 0.29) is 10.8 Å². The number of benzene rings is 2. The maximum Gasteiger partial charge on any atom is 0.261 e. The van der Waals surface area contributed by atoms with Crippen molar-refractivity contribution >= 4 is 27.3 Å². The van der Waals surface area contributed by atoms with Crippen LogP contribution in [0.25, 0.3) is 0 Å². The molecule has 7 nitrogen and oxygen atoms in total. The molecule has 0 bridgehead atoms. The van der Waals surface area contributed by atoms with Crippen molar-refractivity contribution in [3.63, 3.8) is 0 Å². The number of anilines is 2. The molecule has 3 rings (SSSR count). The molecule has 0 radical (unpaired) electrons. The number of ether oxygens (including phenoxy) is 1. The van der Waals surface area contributed by atoms with Crippen molar-refractivity contribution in [2.75, 3.05) is 17.1 Å². The van der Waals surface area contributed by atoms with Gasteiger partial charge in [-0.3, -0.25) is 9.52 Å². The van der Waals surface area contributed by atoms with E-state index in [1.807, 2.05) is 13.8 Å². The first-order chi connectivity index (χ1) is 13.8. The Hall–Kier alpha value is -3.39. The largest absolute Gasteiger partial charge is 0.481 e. The number of nitrogens with zero attached hydrogens (tertiary/aromatic N) is 1. The predicted octanol–water partition coefficient (Wildman–Crippen LogP) is 3.76. The summed E-state index contributed by atoms with van der Waals surface area (Å²) in [5.74, 6) is 0.115. The lowest BCUT2D eigenvalue weighted by Gasteiger charge is -2.10. The Labute approximate surface area is 169 Å². The number of methoxy groups -OCH3 is 1. The molecule has 0 unspecified atom stereocenters. The van der Waals surface area contributed by atoms with E-state index in [9.17, 15) is 13.2 Å². The average Bonchev–Trinajstić information content (AvgIpc) is 2.70. The fourth-order valence-electron chi connectivity index (χ4n) is 2.56. The minimum atomic E-state index is -3.71. The molecule has 0 aliphatic rings. The first kappa shape index (κ1) is 20.3. The van der Waals surface area contributed by atoms with Gasteiger partial charge in [-0.2, -0.15) is 0 Å². The van der Waals surface area contributed by atoms with E-state index in [0.717, 1.165) is 11.1 Å². The van der Waals surface area contributed by atoms with Gasteiger partial charge in [0.25, 0.3) is 15.9 Å². The smallest absolute Gasteiger partial charge is 0.261 e. The molecule has 150 valence electrons. The van der Waals surface area contributed by atoms with Gasteiger partial charge >= 0.3 is 0 Å². The lowest BCUT2D eigenvalue weighted by Crippen LogP contribution is -2.14. The number of carbonyl (C=O) groups excluding carboxylic acids is 1. The van der Waals surface area contributed by atoms with Crippen LogP contribution in [-0.2, 0) is 10.0 Å². The van der Waals surface area contributed by atoms with E-state index >= 15 is 0 Å². The Morgan fingerprint density at radius 3 is 2.21 bits per heavy atom. The summed E-state index contributed by atoms with van der Waals surface area (Å²) in [4.78, 5) is 16.6. The summed E-state index contributed by atoms with van der Waals surface area (Å²) in [6, 6.07) is 14.5. The number of pyridine rings is 1. The second-order valence-electron chi connectivity index (χ2n) is 6.47. The van der Waals surface area contributed by atoms with Crippen LogP contribution in [0.3, 0.4) is 0 Å². The topological polar surface area (TPSA) is 97.4 Å². The standard InChI is InChI=1S/C21H21N3O4S/c1-14-4-10-19(12-15(14)2)29(26,27)24-17-7-5-16(6-8-17)21(25)23-18-9-11-20(28-3)22-13-18/h4-13,24H,1-3H3,(H,23,25). The Balaban J connectivity index is 1.70. The number of rotatable bonds is 6. The summed E-state index contributed by atoms with van der Waals surface area (Å²) < 4.78 is 32.6. The maximum absolute atomic E-state index is 12.6. The molecule has 0 spiro atoms. The van der Waals surface area contributed by atoms with Gasteiger partial charge in [0.1, 0.15) is 0 Å². The zero-order chi connectivity index (χ0) is 21.0. The summed E-state index contributed by atoms with van der Waals surface area (Å²) in [5.41, 5.74) is 3.19. The first-order valence-electron chi connectivity index (χ1n) is 8.80. The Morgan fingerprint density at radius 1 is 0.931 bits per heavy atom. The highest BCUT2D eigenvalue weighted by atomic mass is 32.2. The molecule has 0 aliphatic heterocycles. The summed E-state index contributed by atoms with van der Waals surface area (Å²) in [7, 11) is -2.20. The van der Waals surface area contributed by atoms with E-state index in [0.29, 0.717) is 22.8 Å². The molecule has 8 heteroatoms. The van der Waals surface area contributed by atoms with E-state index in [2.05, 4.69) is 15.0 Å². The zero-order valence-electron chi connectivity index (χ0n) is 16.3. The fraction of sp³-hybridized carbons (Fsp3) is 0.143. The first-order valence-corrected chi connectivity index (χ1v) is 10.3. The number of hydrogen-bond acceptors (Lipinski definition) is 5. The van der Waals surface area contributed by atoms with Crippen LogP contribution in [0.4, 0.5) is 11.4 Å². The molecule has 2 N–H and O–H groups in total. The number of nitrogens with one attached hydrogen (secondary N) is 2. The molecule has 29 heavy (non-hydrogen) atoms. The van der Waals surface area contributed by atoms with E-state index in [4.69, 9.17) is 4.74 Å². The molecule has 0 atom stereocenters. The molecule has 0 aliphatic carbocycles. The summed E-state index contributed by atoms with van der Waals surface area (Å²) >= 11 is 0. The van der Waals surface area contributed by atoms with Crippen molar-refractivity contribution in [2.45, 2.75) is 18.7 Å². The number of aromatic nitrogens is 1. The van der Waals surface area contributed by atoms with E-state index in [1.54, 1.807) is 54.6 Å². The van der Waals surface area contributed by atoms with E-state index in [1.165, 1.54) is 13.3 Å². The second kappa shape index (κ2) is 8.32. The van der Waals surface area contributed by atoms with Gasteiger partial charge in [-0.25, -0.2) is 13.4 Å². The van der Waals surface area contributed by atoms with Gasteiger partial charge < -0.3 is 10.1 Å². The van der Waals surface area contributed by atoms with Crippen LogP contribution < -0.4 is 14.8 Å². The molecule has 1 amide bonds. The summed E-state index contributed by atoms with van der Waals surface area (Å²) in [6.45, 7) is 3.78. The van der Waals surface area contributed by atoms with Gasteiger partial charge in [-0.05, 0) is 67.4 Å². The fourth-order valence-corrected chi connectivity index (χ4v) is 3.71. The molecule has 1 heterocycles. The van der Waals surface area contributed by atoms with Crippen LogP contribution in [0.15, 0.2) is 65.7 Å². The van der Waals surface area contributed by atoms with Gasteiger partial charge in [0.05, 0.1) is 23.9 Å². The zero-order valence-corrected chi connectivity index (χ0v) is 17.1. The van der Waals surface area contributed by atoms with Crippen LogP contribution in [0.2, 0.25) is 0 Å². The number of amides is 1. The monoisotopic (exact) mass is 411 g/mol. The maximum atomic E-state index is 12.6. The normalized spacial score (nSPS) is 11.0. The van der Waals surface area contributed by atoms with Crippen molar-refractivity contribution in [3.8, 4) is 5.88 Å². The van der Waals surface area contributed by atoms with Crippen molar-refractivity contribution in [2.24, 2.45) is 0 Å². The highest BCUT2D eigenvalue weighted by Crippen LogP contribution is 2.20. The summed E-state index contributed by atoms with van der Waals surface area (Å²) in [5, 5.41) is 2.72. The molecule has 0 saturated heterocycles. The Kier molecular flexibility index (Phi) is 5.84. The summed E-state index contributed by atoms with van der Waals surface area (Å²) in [6.07, 6.45) is 1.49. The van der Waals surface area contributed by atoms with Crippen molar-refractivity contribution < 1.29 is 17.9 Å². The van der Waals surface area contributed by atoms with Gasteiger partial charge in [0, 0.05) is 17.3 Å². The minimum Gasteiger partial charge on any atom is -0.481 e. The Bertz CT molecular complexity index is 1130. The molecule has 2 aromatic carbocycles. The number of carbonyl (C=O) groups is 1. The van der Waals surface area contributed by atoms with Crippen LogP contribution in [-0.4, -0.2) is 26.4 Å². The van der Waals surface area contributed by atoms with Gasteiger partial charge in [-0.15, -0.1) is 0 Å². The third-order valence-electron chi connectivity index (χ3n) is 4.39. The molecule has 0 saturated carbocycles. The van der Waals surface area contributed by atoms with Gasteiger partial charge in [-0.1, -0.05) is 6.07 Å². The third kappa shape index (κ3) is 4.91. The van der Waals surface area contributed by atoms with Crippen LogP contribution >= 0.6 is 0 Å². The Morgan fingerprint density at radius 2 is 1.62 bits per heavy atom. The third-order valence-corrected chi connectivity index (χ3v) is 5.77. The highest BCUT2D eigenvalue weighted by molar-refractivity contribution is 7.92. The van der Waals surface area contributed by atoms with Crippen molar-refractivity contribution in [3.05, 3.63) is 77.5 Å². The molecule has 3 aromatic rings. The van der Waals surface area contributed by atoms with E-state index < -0.39 is 10.0 Å². The molecule has 0 fully saturated rings. The van der Waals surface area contributed by atoms with Crippen LogP contribution in [0, 0.1) is 13.8 Å². The predicted molar refractivity (Wildman–Crippen MR) is 112 cm³/mol.